The first-order valence-corrected chi connectivity index (χ1v) is 9.72. The van der Waals surface area contributed by atoms with Crippen molar-refractivity contribution in [2.24, 2.45) is 34.0 Å². The molecule has 0 radical (unpaired) electrons. The Kier molecular flexibility index (Phi) is 4.33. The van der Waals surface area contributed by atoms with E-state index in [-0.39, 0.29) is 17.2 Å². The Morgan fingerprint density at radius 3 is 2.30 bits per heavy atom. The molecule has 2 saturated heterocycles. The van der Waals surface area contributed by atoms with E-state index in [1.807, 2.05) is 13.8 Å². The lowest BCUT2D eigenvalue weighted by Gasteiger charge is -2.54. The van der Waals surface area contributed by atoms with Gasteiger partial charge in [-0.25, -0.2) is 0 Å². The fourth-order valence-corrected chi connectivity index (χ4v) is 5.38. The minimum absolute atomic E-state index is 0.0244. The highest BCUT2D eigenvalue weighted by molar-refractivity contribution is 5.89. The van der Waals surface area contributed by atoms with Gasteiger partial charge in [-0.15, -0.1) is 0 Å². The van der Waals surface area contributed by atoms with E-state index in [1.165, 1.54) is 0 Å². The summed E-state index contributed by atoms with van der Waals surface area (Å²) in [4.78, 5) is 0. The highest BCUT2D eigenvalue weighted by atomic mass is 16.7. The SMILES string of the molecule is CC(C)CC1OC23CCC(C(C)(C)C)CC2C(C#N)(C(=N)O3)C1(C#N)C#N. The van der Waals surface area contributed by atoms with Crippen LogP contribution in [0.1, 0.15) is 60.3 Å². The maximum absolute atomic E-state index is 10.3. The normalized spacial score (nSPS) is 39.7. The van der Waals surface area contributed by atoms with Crippen LogP contribution in [-0.2, 0) is 9.47 Å². The first kappa shape index (κ1) is 19.7. The van der Waals surface area contributed by atoms with Crippen LogP contribution in [0.15, 0.2) is 0 Å². The summed E-state index contributed by atoms with van der Waals surface area (Å²) in [7, 11) is 0. The van der Waals surface area contributed by atoms with Crippen LogP contribution in [0.2, 0.25) is 0 Å². The van der Waals surface area contributed by atoms with E-state index in [9.17, 15) is 15.8 Å². The topological polar surface area (TPSA) is 114 Å². The summed E-state index contributed by atoms with van der Waals surface area (Å²) in [6, 6.07) is 6.50. The zero-order valence-electron chi connectivity index (χ0n) is 16.8. The van der Waals surface area contributed by atoms with Crippen molar-refractivity contribution >= 4 is 5.90 Å². The monoisotopic (exact) mass is 368 g/mol. The number of ether oxygens (including phenoxy) is 2. The van der Waals surface area contributed by atoms with Crippen molar-refractivity contribution in [1.82, 2.24) is 0 Å². The van der Waals surface area contributed by atoms with Crippen molar-refractivity contribution < 1.29 is 9.47 Å². The maximum atomic E-state index is 10.3. The highest BCUT2D eigenvalue weighted by Gasteiger charge is 2.80. The lowest BCUT2D eigenvalue weighted by atomic mass is 9.49. The quantitative estimate of drug-likeness (QED) is 0.786. The number of nitriles is 3. The molecule has 144 valence electrons. The van der Waals surface area contributed by atoms with Gasteiger partial charge in [-0.2, -0.15) is 15.8 Å². The molecule has 6 nitrogen and oxygen atoms in total. The van der Waals surface area contributed by atoms with E-state index < -0.39 is 28.6 Å². The molecule has 5 unspecified atom stereocenters. The average Bonchev–Trinajstić information content (AvgIpc) is 2.79. The summed E-state index contributed by atoms with van der Waals surface area (Å²) in [5.41, 5.74) is -3.30. The Balaban J connectivity index is 2.20. The number of nitrogens with one attached hydrogen (secondary N) is 1. The van der Waals surface area contributed by atoms with Gasteiger partial charge in [-0.3, -0.25) is 5.41 Å². The lowest BCUT2D eigenvalue weighted by molar-refractivity contribution is -0.300. The molecule has 27 heavy (non-hydrogen) atoms. The van der Waals surface area contributed by atoms with Crippen LogP contribution < -0.4 is 0 Å². The van der Waals surface area contributed by atoms with Crippen LogP contribution in [0.5, 0.6) is 0 Å². The zero-order chi connectivity index (χ0) is 20.3. The number of hydrogen-bond acceptors (Lipinski definition) is 6. The van der Waals surface area contributed by atoms with Crippen molar-refractivity contribution in [1.29, 1.82) is 21.2 Å². The molecule has 0 amide bonds. The molecule has 6 heteroatoms. The molecule has 1 aliphatic carbocycles. The van der Waals surface area contributed by atoms with Crippen molar-refractivity contribution in [3.8, 4) is 18.2 Å². The molecule has 2 aliphatic heterocycles. The summed E-state index contributed by atoms with van der Waals surface area (Å²) >= 11 is 0. The van der Waals surface area contributed by atoms with Gasteiger partial charge in [0.1, 0.15) is 0 Å². The number of rotatable bonds is 2. The zero-order valence-corrected chi connectivity index (χ0v) is 16.8. The van der Waals surface area contributed by atoms with Crippen LogP contribution in [0.3, 0.4) is 0 Å². The molecule has 0 aromatic rings. The molecule has 2 bridgehead atoms. The average molecular weight is 368 g/mol. The third-order valence-corrected chi connectivity index (χ3v) is 6.93. The van der Waals surface area contributed by atoms with Crippen molar-refractivity contribution in [2.45, 2.75) is 72.2 Å². The van der Waals surface area contributed by atoms with E-state index >= 15 is 0 Å². The predicted octanol–water partition coefficient (Wildman–Crippen LogP) is 4.14. The van der Waals surface area contributed by atoms with Crippen LogP contribution >= 0.6 is 0 Å². The summed E-state index contributed by atoms with van der Waals surface area (Å²) < 4.78 is 12.3. The minimum atomic E-state index is -1.74. The Hall–Kier alpha value is -2.10. The van der Waals surface area contributed by atoms with Gasteiger partial charge >= 0.3 is 0 Å². The van der Waals surface area contributed by atoms with E-state index in [2.05, 4.69) is 39.0 Å². The summed E-state index contributed by atoms with van der Waals surface area (Å²) in [5, 5.41) is 39.1. The fourth-order valence-electron chi connectivity index (χ4n) is 5.38. The molecule has 0 aromatic carbocycles. The molecular formula is C21H28N4O2. The molecule has 1 N–H and O–H groups in total. The second kappa shape index (κ2) is 5.95. The Morgan fingerprint density at radius 1 is 1.19 bits per heavy atom. The van der Waals surface area contributed by atoms with E-state index in [4.69, 9.17) is 14.9 Å². The second-order valence-electron chi connectivity index (χ2n) is 9.82. The molecule has 0 aromatic heterocycles. The van der Waals surface area contributed by atoms with Crippen molar-refractivity contribution in [3.63, 3.8) is 0 Å². The third kappa shape index (κ3) is 2.35. The van der Waals surface area contributed by atoms with Crippen molar-refractivity contribution in [3.05, 3.63) is 0 Å². The molecule has 1 saturated carbocycles. The predicted molar refractivity (Wildman–Crippen MR) is 97.9 cm³/mol. The van der Waals surface area contributed by atoms with Gasteiger partial charge in [-0.05, 0) is 36.5 Å². The third-order valence-electron chi connectivity index (χ3n) is 6.93. The molecular weight excluding hydrogens is 340 g/mol. The molecule has 3 rings (SSSR count). The van der Waals surface area contributed by atoms with Gasteiger partial charge in [-0.1, -0.05) is 34.6 Å². The van der Waals surface area contributed by atoms with Gasteiger partial charge in [0.2, 0.25) is 11.7 Å². The van der Waals surface area contributed by atoms with E-state index in [0.717, 1.165) is 6.42 Å². The largest absolute Gasteiger partial charge is 0.447 e. The second-order valence-corrected chi connectivity index (χ2v) is 9.82. The molecule has 2 heterocycles. The first-order chi connectivity index (χ1) is 12.5. The van der Waals surface area contributed by atoms with Gasteiger partial charge in [0, 0.05) is 6.42 Å². The first-order valence-electron chi connectivity index (χ1n) is 9.72. The van der Waals surface area contributed by atoms with Crippen LogP contribution in [0, 0.1) is 73.4 Å². The molecule has 5 atom stereocenters. The van der Waals surface area contributed by atoms with E-state index in [1.54, 1.807) is 0 Å². The molecule has 3 aliphatic rings. The van der Waals surface area contributed by atoms with Gasteiger partial charge in [0.15, 0.2) is 10.8 Å². The van der Waals surface area contributed by atoms with Gasteiger partial charge in [0.05, 0.1) is 30.2 Å². The smallest absolute Gasteiger partial charge is 0.217 e. The fraction of sp³-hybridized carbons (Fsp3) is 0.810. The summed E-state index contributed by atoms with van der Waals surface area (Å²) in [6.07, 6.45) is 1.77. The standard InChI is InChI=1S/C21H28N4O2/c1-13(2)8-16-19(10-22,11-23)20(12-24)15-9-14(18(3,4)5)6-7-21(15,26-16)27-17(20)25/h13-16,25H,6-9H2,1-5H3. The van der Waals surface area contributed by atoms with Crippen LogP contribution in [-0.4, -0.2) is 17.8 Å². The van der Waals surface area contributed by atoms with Crippen LogP contribution in [0.4, 0.5) is 0 Å². The molecule has 3 fully saturated rings. The number of hydrogen-bond donors (Lipinski definition) is 1. The lowest BCUT2D eigenvalue weighted by Crippen LogP contribution is -2.64. The van der Waals surface area contributed by atoms with Crippen LogP contribution in [0.25, 0.3) is 0 Å². The summed E-state index contributed by atoms with van der Waals surface area (Å²) in [5.74, 6) is -1.33. The van der Waals surface area contributed by atoms with E-state index in [0.29, 0.717) is 25.2 Å². The Labute approximate surface area is 161 Å². The molecule has 0 spiro atoms. The van der Waals surface area contributed by atoms with Crippen molar-refractivity contribution in [2.75, 3.05) is 0 Å². The Morgan fingerprint density at radius 2 is 1.81 bits per heavy atom. The highest BCUT2D eigenvalue weighted by Crippen LogP contribution is 2.68. The Bertz CT molecular complexity index is 764. The number of nitrogens with zero attached hydrogens (tertiary/aromatic N) is 3. The van der Waals surface area contributed by atoms with Gasteiger partial charge < -0.3 is 9.47 Å². The summed E-state index contributed by atoms with van der Waals surface area (Å²) in [6.45, 7) is 10.5. The maximum Gasteiger partial charge on any atom is 0.217 e. The van der Waals surface area contributed by atoms with Gasteiger partial charge in [0.25, 0.3) is 0 Å². The minimum Gasteiger partial charge on any atom is -0.447 e.